The molecule has 2 aromatic carbocycles. The molecule has 1 heterocycles. The lowest BCUT2D eigenvalue weighted by Gasteiger charge is -2.12. The van der Waals surface area contributed by atoms with E-state index in [9.17, 15) is 8.78 Å². The number of halogens is 3. The number of aryl methyl sites for hydroxylation is 2. The Labute approximate surface area is 148 Å². The van der Waals surface area contributed by atoms with Crippen LogP contribution in [0.15, 0.2) is 42.5 Å². The summed E-state index contributed by atoms with van der Waals surface area (Å²) in [5, 5.41) is 6.59. The molecule has 0 amide bonds. The van der Waals surface area contributed by atoms with Gasteiger partial charge in [0, 0.05) is 28.5 Å². The topological polar surface area (TPSA) is 49.8 Å². The zero-order valence-corrected chi connectivity index (χ0v) is 14.3. The van der Waals surface area contributed by atoms with Crippen LogP contribution in [0.25, 0.3) is 0 Å². The SMILES string of the molecule is Cc1cc(Nc2ccc(F)cc2F)nc(Nc2ccc(Cl)cc2C)n1. The van der Waals surface area contributed by atoms with Gasteiger partial charge in [0.15, 0.2) is 0 Å². The highest BCUT2D eigenvalue weighted by Crippen LogP contribution is 2.24. The Morgan fingerprint density at radius 1 is 0.880 bits per heavy atom. The van der Waals surface area contributed by atoms with E-state index in [4.69, 9.17) is 11.6 Å². The first-order valence-electron chi connectivity index (χ1n) is 7.51. The number of anilines is 4. The minimum atomic E-state index is -0.695. The number of rotatable bonds is 4. The summed E-state index contributed by atoms with van der Waals surface area (Å²) in [4.78, 5) is 8.65. The molecule has 128 valence electrons. The van der Waals surface area contributed by atoms with E-state index in [0.29, 0.717) is 22.5 Å². The van der Waals surface area contributed by atoms with Crippen molar-refractivity contribution in [2.45, 2.75) is 13.8 Å². The summed E-state index contributed by atoms with van der Waals surface area (Å²) in [7, 11) is 0. The van der Waals surface area contributed by atoms with Crippen LogP contribution in [0.3, 0.4) is 0 Å². The fourth-order valence-electron chi connectivity index (χ4n) is 2.31. The van der Waals surface area contributed by atoms with E-state index in [1.165, 1.54) is 12.1 Å². The first kappa shape index (κ1) is 17.1. The van der Waals surface area contributed by atoms with Crippen molar-refractivity contribution in [1.82, 2.24) is 9.97 Å². The monoisotopic (exact) mass is 360 g/mol. The van der Waals surface area contributed by atoms with Crippen molar-refractivity contribution < 1.29 is 8.78 Å². The van der Waals surface area contributed by atoms with Crippen LogP contribution in [0.4, 0.5) is 31.9 Å². The third kappa shape index (κ3) is 4.22. The predicted octanol–water partition coefficient (Wildman–Crippen LogP) is 5.51. The number of nitrogens with one attached hydrogen (secondary N) is 2. The quantitative estimate of drug-likeness (QED) is 0.644. The molecule has 0 aliphatic carbocycles. The van der Waals surface area contributed by atoms with Crippen LogP contribution >= 0.6 is 11.6 Å². The summed E-state index contributed by atoms with van der Waals surface area (Å²) < 4.78 is 26.8. The molecular weight excluding hydrogens is 346 g/mol. The van der Waals surface area contributed by atoms with Crippen LogP contribution in [-0.2, 0) is 0 Å². The maximum absolute atomic E-state index is 13.8. The molecule has 2 N–H and O–H groups in total. The molecule has 0 saturated carbocycles. The van der Waals surface area contributed by atoms with Gasteiger partial charge in [-0.05, 0) is 49.7 Å². The summed E-state index contributed by atoms with van der Waals surface area (Å²) in [6.45, 7) is 3.71. The van der Waals surface area contributed by atoms with Crippen LogP contribution in [0.2, 0.25) is 5.02 Å². The zero-order chi connectivity index (χ0) is 18.0. The Morgan fingerprint density at radius 2 is 1.64 bits per heavy atom. The molecule has 25 heavy (non-hydrogen) atoms. The van der Waals surface area contributed by atoms with Gasteiger partial charge in [-0.2, -0.15) is 4.98 Å². The number of hydrogen-bond acceptors (Lipinski definition) is 4. The Balaban J connectivity index is 1.87. The van der Waals surface area contributed by atoms with E-state index in [1.54, 1.807) is 19.1 Å². The predicted molar refractivity (Wildman–Crippen MR) is 95.9 cm³/mol. The summed E-state index contributed by atoms with van der Waals surface area (Å²) in [6.07, 6.45) is 0. The van der Waals surface area contributed by atoms with Gasteiger partial charge in [0.2, 0.25) is 5.95 Å². The largest absolute Gasteiger partial charge is 0.338 e. The fraction of sp³-hybridized carbons (Fsp3) is 0.111. The van der Waals surface area contributed by atoms with E-state index in [0.717, 1.165) is 17.3 Å². The molecule has 0 atom stereocenters. The van der Waals surface area contributed by atoms with Crippen molar-refractivity contribution in [3.05, 3.63) is 70.4 Å². The summed E-state index contributed by atoms with van der Waals surface area (Å²) in [5.41, 5.74) is 2.58. The number of hydrogen-bond donors (Lipinski definition) is 2. The molecule has 0 unspecified atom stereocenters. The van der Waals surface area contributed by atoms with Crippen molar-refractivity contribution in [2.75, 3.05) is 10.6 Å². The van der Waals surface area contributed by atoms with E-state index in [2.05, 4.69) is 20.6 Å². The molecule has 3 aromatic rings. The first-order valence-corrected chi connectivity index (χ1v) is 7.89. The molecule has 0 aliphatic heterocycles. The zero-order valence-electron chi connectivity index (χ0n) is 13.6. The highest BCUT2D eigenvalue weighted by Gasteiger charge is 2.08. The number of nitrogens with zero attached hydrogens (tertiary/aromatic N) is 2. The highest BCUT2D eigenvalue weighted by atomic mass is 35.5. The van der Waals surface area contributed by atoms with Gasteiger partial charge in [0.05, 0.1) is 5.69 Å². The minimum Gasteiger partial charge on any atom is -0.338 e. The Hall–Kier alpha value is -2.73. The van der Waals surface area contributed by atoms with Crippen LogP contribution in [0.5, 0.6) is 0 Å². The third-order valence-corrected chi connectivity index (χ3v) is 3.72. The van der Waals surface area contributed by atoms with Crippen molar-refractivity contribution in [3.8, 4) is 0 Å². The molecule has 0 saturated heterocycles. The highest BCUT2D eigenvalue weighted by molar-refractivity contribution is 6.30. The lowest BCUT2D eigenvalue weighted by atomic mass is 10.2. The lowest BCUT2D eigenvalue weighted by molar-refractivity contribution is 0.586. The molecular formula is C18H15ClF2N4. The average Bonchev–Trinajstić information content (AvgIpc) is 2.52. The fourth-order valence-corrected chi connectivity index (χ4v) is 2.53. The Morgan fingerprint density at radius 3 is 2.36 bits per heavy atom. The van der Waals surface area contributed by atoms with E-state index in [1.807, 2.05) is 19.1 Å². The Bertz CT molecular complexity index is 859. The summed E-state index contributed by atoms with van der Waals surface area (Å²) in [6, 6.07) is 10.4. The molecule has 0 spiro atoms. The number of benzene rings is 2. The third-order valence-electron chi connectivity index (χ3n) is 3.48. The minimum absolute atomic E-state index is 0.133. The lowest BCUT2D eigenvalue weighted by Crippen LogP contribution is -2.04. The van der Waals surface area contributed by atoms with E-state index in [-0.39, 0.29) is 5.69 Å². The van der Waals surface area contributed by atoms with Gasteiger partial charge in [-0.3, -0.25) is 0 Å². The van der Waals surface area contributed by atoms with E-state index >= 15 is 0 Å². The summed E-state index contributed by atoms with van der Waals surface area (Å²) >= 11 is 5.96. The summed E-state index contributed by atoms with van der Waals surface area (Å²) in [5.74, 6) is -0.579. The number of aromatic nitrogens is 2. The smallest absolute Gasteiger partial charge is 0.229 e. The second-order valence-corrected chi connectivity index (χ2v) is 5.99. The van der Waals surface area contributed by atoms with Crippen molar-refractivity contribution in [3.63, 3.8) is 0 Å². The van der Waals surface area contributed by atoms with Gasteiger partial charge >= 0.3 is 0 Å². The molecule has 0 aliphatic rings. The van der Waals surface area contributed by atoms with Gasteiger partial charge < -0.3 is 10.6 Å². The molecule has 4 nitrogen and oxygen atoms in total. The van der Waals surface area contributed by atoms with Gasteiger partial charge in [-0.15, -0.1) is 0 Å². The molecule has 1 aromatic heterocycles. The molecule has 3 rings (SSSR count). The van der Waals surface area contributed by atoms with Crippen molar-refractivity contribution in [1.29, 1.82) is 0 Å². The van der Waals surface area contributed by atoms with Crippen molar-refractivity contribution in [2.24, 2.45) is 0 Å². The molecule has 7 heteroatoms. The van der Waals surface area contributed by atoms with Crippen LogP contribution < -0.4 is 10.6 Å². The van der Waals surface area contributed by atoms with Gasteiger partial charge in [0.25, 0.3) is 0 Å². The van der Waals surface area contributed by atoms with Gasteiger partial charge in [-0.1, -0.05) is 11.6 Å². The van der Waals surface area contributed by atoms with Gasteiger partial charge in [0.1, 0.15) is 17.5 Å². The van der Waals surface area contributed by atoms with Crippen LogP contribution in [0, 0.1) is 25.5 Å². The average molecular weight is 361 g/mol. The Kier molecular flexibility index (Phi) is 4.81. The maximum Gasteiger partial charge on any atom is 0.229 e. The van der Waals surface area contributed by atoms with Gasteiger partial charge in [-0.25, -0.2) is 13.8 Å². The first-order chi connectivity index (χ1) is 11.9. The van der Waals surface area contributed by atoms with Crippen LogP contribution in [0.1, 0.15) is 11.3 Å². The van der Waals surface area contributed by atoms with Crippen LogP contribution in [-0.4, -0.2) is 9.97 Å². The second kappa shape index (κ2) is 7.03. The molecule has 0 bridgehead atoms. The van der Waals surface area contributed by atoms with Crippen molar-refractivity contribution >= 4 is 34.7 Å². The maximum atomic E-state index is 13.8. The van der Waals surface area contributed by atoms with E-state index < -0.39 is 11.6 Å². The second-order valence-electron chi connectivity index (χ2n) is 5.55. The standard InChI is InChI=1S/C18H15ClF2N4/c1-10-7-12(19)3-5-15(10)24-18-22-11(2)8-17(25-18)23-16-6-4-13(20)9-14(16)21/h3-9H,1-2H3,(H2,22,23,24,25). The molecule has 0 fully saturated rings. The normalized spacial score (nSPS) is 10.6. The molecule has 0 radical (unpaired) electrons.